The SMILES string of the molecule is Cc1cc(=O)oc2cc(NC(=O)OCc3ccc(NC(=O)[C@H](CCCNC(N)=O)NC(=O)[C@@H](NC(=O)OCc4ccccc4)C4CCOCC4)cc3)ccc12. The van der Waals surface area contributed by atoms with Crippen molar-refractivity contribution in [3.63, 3.8) is 0 Å². The third-order valence-corrected chi connectivity index (χ3v) is 8.90. The fourth-order valence-corrected chi connectivity index (χ4v) is 6.01. The van der Waals surface area contributed by atoms with Gasteiger partial charge in [-0.05, 0) is 79.5 Å². The van der Waals surface area contributed by atoms with Crippen molar-refractivity contribution in [1.82, 2.24) is 16.0 Å². The van der Waals surface area contributed by atoms with Gasteiger partial charge in [-0.3, -0.25) is 14.9 Å². The number of carbonyl (C=O) groups is 5. The molecule has 0 unspecified atom stereocenters. The first-order valence-corrected chi connectivity index (χ1v) is 17.8. The summed E-state index contributed by atoms with van der Waals surface area (Å²) in [4.78, 5) is 75.7. The number of primary amides is 1. The zero-order valence-corrected chi connectivity index (χ0v) is 30.3. The molecule has 0 saturated carbocycles. The molecule has 16 nitrogen and oxygen atoms in total. The molecule has 4 aromatic rings. The summed E-state index contributed by atoms with van der Waals surface area (Å²) in [5.74, 6) is -1.37. The molecular weight excluding hydrogens is 712 g/mol. The molecule has 290 valence electrons. The van der Waals surface area contributed by atoms with Gasteiger partial charge in [0, 0.05) is 48.7 Å². The zero-order chi connectivity index (χ0) is 39.2. The van der Waals surface area contributed by atoms with Crippen LogP contribution in [0, 0.1) is 12.8 Å². The summed E-state index contributed by atoms with van der Waals surface area (Å²) in [6.07, 6.45) is -0.0351. The van der Waals surface area contributed by atoms with Crippen molar-refractivity contribution in [3.8, 4) is 0 Å². The van der Waals surface area contributed by atoms with Gasteiger partial charge >= 0.3 is 23.8 Å². The summed E-state index contributed by atoms with van der Waals surface area (Å²) in [6, 6.07) is 19.2. The summed E-state index contributed by atoms with van der Waals surface area (Å²) >= 11 is 0. The van der Waals surface area contributed by atoms with Crippen molar-refractivity contribution in [1.29, 1.82) is 0 Å². The number of urea groups is 1. The van der Waals surface area contributed by atoms with Crippen LogP contribution in [0.2, 0.25) is 0 Å². The van der Waals surface area contributed by atoms with Crippen LogP contribution in [0.3, 0.4) is 0 Å². The van der Waals surface area contributed by atoms with Crippen LogP contribution in [0.15, 0.2) is 88.1 Å². The Morgan fingerprint density at radius 3 is 2.18 bits per heavy atom. The maximum Gasteiger partial charge on any atom is 0.411 e. The molecule has 2 heterocycles. The molecule has 5 rings (SSSR count). The highest BCUT2D eigenvalue weighted by atomic mass is 16.6. The standard InChI is InChI=1S/C39H44N6O10/c1-24-20-33(46)55-32-21-29(13-14-30(24)32)43-38(50)53-23-26-9-11-28(12-10-26)42-35(47)31(8-5-17-41-37(40)49)44-36(48)34(27-15-18-52-19-16-27)45-39(51)54-22-25-6-3-2-4-7-25/h2-4,6-7,9-14,20-21,27,31,34H,5,8,15-19,22-23H2,1H3,(H,42,47)(H,43,50)(H,44,48)(H,45,51)(H3,40,41,49)/t31-,34-/m0/s1. The number of fused-ring (bicyclic) bond motifs is 1. The minimum absolute atomic E-state index is 0.0117. The average Bonchev–Trinajstić information content (AvgIpc) is 3.17. The van der Waals surface area contributed by atoms with Gasteiger partial charge in [-0.2, -0.15) is 0 Å². The van der Waals surface area contributed by atoms with E-state index in [0.717, 1.165) is 16.5 Å². The third-order valence-electron chi connectivity index (χ3n) is 8.90. The molecule has 1 saturated heterocycles. The molecule has 0 spiro atoms. The largest absolute Gasteiger partial charge is 0.445 e. The lowest BCUT2D eigenvalue weighted by molar-refractivity contribution is -0.129. The molecular formula is C39H44N6O10. The lowest BCUT2D eigenvalue weighted by atomic mass is 9.91. The first-order valence-electron chi connectivity index (χ1n) is 17.8. The third kappa shape index (κ3) is 12.3. The maximum absolute atomic E-state index is 13.8. The number of anilines is 2. The van der Waals surface area contributed by atoms with Crippen LogP contribution in [-0.4, -0.2) is 61.9 Å². The second-order valence-electron chi connectivity index (χ2n) is 13.0. The maximum atomic E-state index is 13.8. The molecule has 0 radical (unpaired) electrons. The Hall–Kier alpha value is -6.42. The molecule has 55 heavy (non-hydrogen) atoms. The van der Waals surface area contributed by atoms with Crippen molar-refractivity contribution in [2.24, 2.45) is 11.7 Å². The number of nitrogens with one attached hydrogen (secondary N) is 5. The summed E-state index contributed by atoms with van der Waals surface area (Å²) < 4.78 is 21.4. The number of alkyl carbamates (subject to hydrolysis) is 1. The van der Waals surface area contributed by atoms with Gasteiger partial charge in [0.2, 0.25) is 11.8 Å². The number of rotatable bonds is 15. The van der Waals surface area contributed by atoms with Gasteiger partial charge in [0.05, 0.1) is 0 Å². The second-order valence-corrected chi connectivity index (χ2v) is 13.0. The van der Waals surface area contributed by atoms with Gasteiger partial charge in [0.25, 0.3) is 0 Å². The topological polar surface area (TPSA) is 229 Å². The molecule has 0 aliphatic carbocycles. The number of hydrogen-bond acceptors (Lipinski definition) is 10. The fourth-order valence-electron chi connectivity index (χ4n) is 6.01. The van der Waals surface area contributed by atoms with Gasteiger partial charge < -0.3 is 45.6 Å². The van der Waals surface area contributed by atoms with Gasteiger partial charge in [0.1, 0.15) is 30.9 Å². The Labute approximate surface area is 316 Å². The smallest absolute Gasteiger partial charge is 0.411 e. The molecule has 16 heteroatoms. The minimum atomic E-state index is -1.05. The molecule has 1 aliphatic heterocycles. The van der Waals surface area contributed by atoms with Crippen LogP contribution < -0.4 is 37.9 Å². The normalized spacial score (nSPS) is 13.8. The van der Waals surface area contributed by atoms with E-state index in [9.17, 15) is 28.8 Å². The Balaban J connectivity index is 1.18. The first-order chi connectivity index (χ1) is 26.5. The molecule has 1 fully saturated rings. The van der Waals surface area contributed by atoms with Crippen molar-refractivity contribution in [2.75, 3.05) is 30.4 Å². The molecule has 6 amide bonds. The Morgan fingerprint density at radius 1 is 0.800 bits per heavy atom. The molecule has 1 aromatic heterocycles. The number of benzene rings is 3. The predicted octanol–water partition coefficient (Wildman–Crippen LogP) is 4.44. The van der Waals surface area contributed by atoms with E-state index in [1.165, 1.54) is 12.1 Å². The van der Waals surface area contributed by atoms with Gasteiger partial charge in [-0.15, -0.1) is 0 Å². The van der Waals surface area contributed by atoms with Gasteiger partial charge in [-0.25, -0.2) is 19.2 Å². The van der Waals surface area contributed by atoms with Crippen LogP contribution in [0.1, 0.15) is 42.4 Å². The molecule has 3 aromatic carbocycles. The summed E-state index contributed by atoms with van der Waals surface area (Å²) in [5.41, 5.74) is 7.98. The van der Waals surface area contributed by atoms with Crippen molar-refractivity contribution in [3.05, 3.63) is 106 Å². The summed E-state index contributed by atoms with van der Waals surface area (Å²) in [7, 11) is 0. The van der Waals surface area contributed by atoms with Crippen LogP contribution in [0.5, 0.6) is 0 Å². The monoisotopic (exact) mass is 756 g/mol. The molecule has 0 bridgehead atoms. The quantitative estimate of drug-likeness (QED) is 0.0738. The van der Waals surface area contributed by atoms with Crippen molar-refractivity contribution in [2.45, 2.75) is 57.9 Å². The van der Waals surface area contributed by atoms with E-state index in [4.69, 9.17) is 24.4 Å². The van der Waals surface area contributed by atoms with E-state index in [0.29, 0.717) is 55.0 Å². The summed E-state index contributed by atoms with van der Waals surface area (Å²) in [5, 5.41) is 14.1. The first kappa shape index (κ1) is 39.8. The number of ether oxygens (including phenoxy) is 3. The Morgan fingerprint density at radius 2 is 1.47 bits per heavy atom. The van der Waals surface area contributed by atoms with E-state index in [-0.39, 0.29) is 32.1 Å². The van der Waals surface area contributed by atoms with E-state index in [1.807, 2.05) is 30.3 Å². The highest BCUT2D eigenvalue weighted by Crippen LogP contribution is 2.22. The Bertz CT molecular complexity index is 2020. The van der Waals surface area contributed by atoms with Crippen LogP contribution in [-0.2, 0) is 37.0 Å². The predicted molar refractivity (Wildman–Crippen MR) is 202 cm³/mol. The number of hydrogen-bond donors (Lipinski definition) is 6. The number of nitrogens with two attached hydrogens (primary N) is 1. The minimum Gasteiger partial charge on any atom is -0.445 e. The Kier molecular flexibility index (Phi) is 14.2. The molecule has 7 N–H and O–H groups in total. The lowest BCUT2D eigenvalue weighted by Gasteiger charge is -2.31. The van der Waals surface area contributed by atoms with Crippen LogP contribution in [0.25, 0.3) is 11.0 Å². The number of carbonyl (C=O) groups excluding carboxylic acids is 5. The van der Waals surface area contributed by atoms with E-state index in [2.05, 4.69) is 26.6 Å². The number of amides is 6. The highest BCUT2D eigenvalue weighted by Gasteiger charge is 2.34. The van der Waals surface area contributed by atoms with E-state index < -0.39 is 47.7 Å². The van der Waals surface area contributed by atoms with Crippen LogP contribution >= 0.6 is 0 Å². The molecule has 2 atom stereocenters. The summed E-state index contributed by atoms with van der Waals surface area (Å²) in [6.45, 7) is 2.71. The van der Waals surface area contributed by atoms with E-state index in [1.54, 1.807) is 43.3 Å². The lowest BCUT2D eigenvalue weighted by Crippen LogP contribution is -2.56. The van der Waals surface area contributed by atoms with Crippen LogP contribution in [0.4, 0.5) is 25.8 Å². The van der Waals surface area contributed by atoms with E-state index >= 15 is 0 Å². The second kappa shape index (κ2) is 19.6. The fraction of sp³-hybridized carbons (Fsp3) is 0.333. The van der Waals surface area contributed by atoms with Gasteiger partial charge in [0.15, 0.2) is 0 Å². The zero-order valence-electron chi connectivity index (χ0n) is 30.3. The average molecular weight is 757 g/mol. The van der Waals surface area contributed by atoms with Crippen molar-refractivity contribution >= 4 is 52.4 Å². The van der Waals surface area contributed by atoms with Crippen molar-refractivity contribution < 1.29 is 42.6 Å². The highest BCUT2D eigenvalue weighted by molar-refractivity contribution is 5.98. The molecule has 1 aliphatic rings. The van der Waals surface area contributed by atoms with Gasteiger partial charge in [-0.1, -0.05) is 42.5 Å². The number of aryl methyl sites for hydroxylation is 1.